The molecule has 16 heavy (non-hydrogen) atoms. The number of piperidine rings is 1. The van der Waals surface area contributed by atoms with Gasteiger partial charge in [-0.05, 0) is 17.3 Å². The van der Waals surface area contributed by atoms with Crippen LogP contribution in [0.1, 0.15) is 13.8 Å². The second-order valence-electron chi connectivity index (χ2n) is 5.34. The molecule has 5 heteroatoms. The number of rotatable bonds is 1. The number of aromatic nitrogens is 2. The van der Waals surface area contributed by atoms with Crippen LogP contribution in [0.4, 0.5) is 5.69 Å². The van der Waals surface area contributed by atoms with Gasteiger partial charge in [0.05, 0.1) is 11.9 Å². The zero-order chi connectivity index (χ0) is 11.5. The van der Waals surface area contributed by atoms with Crippen molar-refractivity contribution in [2.24, 2.45) is 17.3 Å². The monoisotopic (exact) mass is 239 g/mol. The molecule has 4 nitrogen and oxygen atoms in total. The minimum absolute atomic E-state index is 0.258. The van der Waals surface area contributed by atoms with E-state index in [9.17, 15) is 4.79 Å². The van der Waals surface area contributed by atoms with E-state index in [-0.39, 0.29) is 10.6 Å². The number of fused-ring (bicyclic) bond motifs is 1. The predicted molar refractivity (Wildman–Crippen MR) is 62.8 cm³/mol. The van der Waals surface area contributed by atoms with Crippen molar-refractivity contribution in [2.45, 2.75) is 13.8 Å². The molecule has 2 unspecified atom stereocenters. The lowest BCUT2D eigenvalue weighted by Crippen LogP contribution is -2.28. The van der Waals surface area contributed by atoms with Gasteiger partial charge in [-0.25, -0.2) is 5.10 Å². The summed E-state index contributed by atoms with van der Waals surface area (Å²) >= 11 is 5.98. The zero-order valence-corrected chi connectivity index (χ0v) is 10.1. The number of anilines is 1. The van der Waals surface area contributed by atoms with Crippen molar-refractivity contribution in [3.8, 4) is 0 Å². The Labute approximate surface area is 98.6 Å². The molecule has 1 aromatic heterocycles. The van der Waals surface area contributed by atoms with Crippen LogP contribution < -0.4 is 10.5 Å². The van der Waals surface area contributed by atoms with Crippen LogP contribution >= 0.6 is 11.6 Å². The first-order valence-corrected chi connectivity index (χ1v) is 5.87. The Bertz CT molecular complexity index is 482. The Balaban J connectivity index is 1.87. The van der Waals surface area contributed by atoms with Gasteiger partial charge >= 0.3 is 0 Å². The van der Waals surface area contributed by atoms with Gasteiger partial charge in [0.2, 0.25) is 0 Å². The van der Waals surface area contributed by atoms with E-state index >= 15 is 0 Å². The van der Waals surface area contributed by atoms with E-state index in [1.165, 1.54) is 0 Å². The number of nitrogens with one attached hydrogen (secondary N) is 1. The van der Waals surface area contributed by atoms with Gasteiger partial charge in [0.1, 0.15) is 5.02 Å². The lowest BCUT2D eigenvalue weighted by Gasteiger charge is -2.24. The van der Waals surface area contributed by atoms with Crippen molar-refractivity contribution >= 4 is 17.3 Å². The molecule has 1 saturated carbocycles. The smallest absolute Gasteiger partial charge is 0.285 e. The van der Waals surface area contributed by atoms with E-state index in [2.05, 4.69) is 28.9 Å². The van der Waals surface area contributed by atoms with Crippen LogP contribution in [0.2, 0.25) is 5.02 Å². The molecule has 0 amide bonds. The summed E-state index contributed by atoms with van der Waals surface area (Å²) in [5, 5.41) is 6.40. The van der Waals surface area contributed by atoms with Gasteiger partial charge in [-0.3, -0.25) is 4.79 Å². The van der Waals surface area contributed by atoms with Crippen LogP contribution in [-0.2, 0) is 0 Å². The highest BCUT2D eigenvalue weighted by Gasteiger charge is 2.62. The Morgan fingerprint density at radius 1 is 1.50 bits per heavy atom. The first kappa shape index (κ1) is 10.1. The molecule has 0 aromatic carbocycles. The molecule has 1 aliphatic carbocycles. The fourth-order valence-electron chi connectivity index (χ4n) is 2.92. The highest BCUT2D eigenvalue weighted by molar-refractivity contribution is 6.33. The molecule has 1 aromatic rings. The minimum Gasteiger partial charge on any atom is -0.368 e. The second-order valence-corrected chi connectivity index (χ2v) is 5.72. The van der Waals surface area contributed by atoms with Crippen LogP contribution in [0, 0.1) is 17.3 Å². The normalized spacial score (nSPS) is 30.3. The molecule has 2 aliphatic rings. The Morgan fingerprint density at radius 2 is 2.12 bits per heavy atom. The zero-order valence-electron chi connectivity index (χ0n) is 9.33. The molecular formula is C11H14ClN3O. The molecule has 2 fully saturated rings. The third kappa shape index (κ3) is 1.22. The van der Waals surface area contributed by atoms with Gasteiger partial charge in [0.15, 0.2) is 0 Å². The third-order valence-corrected chi connectivity index (χ3v) is 4.61. The molecule has 86 valence electrons. The molecule has 0 spiro atoms. The van der Waals surface area contributed by atoms with Gasteiger partial charge in [-0.2, -0.15) is 5.10 Å². The average molecular weight is 240 g/mol. The number of halogens is 1. The van der Waals surface area contributed by atoms with Crippen molar-refractivity contribution in [1.29, 1.82) is 0 Å². The lowest BCUT2D eigenvalue weighted by molar-refractivity contribution is 0.499. The summed E-state index contributed by atoms with van der Waals surface area (Å²) in [7, 11) is 0. The van der Waals surface area contributed by atoms with E-state index in [4.69, 9.17) is 11.6 Å². The summed E-state index contributed by atoms with van der Waals surface area (Å²) in [5.74, 6) is 1.48. The van der Waals surface area contributed by atoms with Gasteiger partial charge in [0, 0.05) is 13.1 Å². The predicted octanol–water partition coefficient (Wildman–Crippen LogP) is 1.52. The maximum absolute atomic E-state index is 11.3. The quantitative estimate of drug-likeness (QED) is 0.808. The van der Waals surface area contributed by atoms with Crippen molar-refractivity contribution in [2.75, 3.05) is 18.0 Å². The van der Waals surface area contributed by atoms with Crippen LogP contribution in [0.3, 0.4) is 0 Å². The first-order valence-electron chi connectivity index (χ1n) is 5.50. The number of aromatic amines is 1. The summed E-state index contributed by atoms with van der Waals surface area (Å²) in [6.45, 7) is 6.58. The van der Waals surface area contributed by atoms with Gasteiger partial charge in [0.25, 0.3) is 5.56 Å². The maximum atomic E-state index is 11.3. The molecule has 1 N–H and O–H groups in total. The Morgan fingerprint density at radius 3 is 2.75 bits per heavy atom. The fraction of sp³-hybridized carbons (Fsp3) is 0.636. The number of nitrogens with zero attached hydrogens (tertiary/aromatic N) is 2. The van der Waals surface area contributed by atoms with Gasteiger partial charge in [-0.1, -0.05) is 25.4 Å². The van der Waals surface area contributed by atoms with E-state index < -0.39 is 0 Å². The first-order chi connectivity index (χ1) is 7.51. The second kappa shape index (κ2) is 3.00. The summed E-state index contributed by atoms with van der Waals surface area (Å²) in [6, 6.07) is 0. The maximum Gasteiger partial charge on any atom is 0.285 e. The van der Waals surface area contributed by atoms with Crippen LogP contribution in [0.15, 0.2) is 11.0 Å². The number of H-pyrrole nitrogens is 1. The Hall–Kier alpha value is -1.03. The minimum atomic E-state index is -0.306. The summed E-state index contributed by atoms with van der Waals surface area (Å²) < 4.78 is 0. The standard InChI is InChI=1S/C11H14ClN3O/c1-11(2)6-4-15(5-7(6)11)8-3-13-14-10(16)9(8)12/h3,6-7H,4-5H2,1-2H3,(H,14,16). The largest absolute Gasteiger partial charge is 0.368 e. The Kier molecular flexibility index (Phi) is 1.90. The topological polar surface area (TPSA) is 49.0 Å². The van der Waals surface area contributed by atoms with Crippen LogP contribution in [0.5, 0.6) is 0 Å². The highest BCUT2D eigenvalue weighted by atomic mass is 35.5. The molecular weight excluding hydrogens is 226 g/mol. The number of hydrogen-bond acceptors (Lipinski definition) is 3. The van der Waals surface area contributed by atoms with E-state index in [1.54, 1.807) is 6.20 Å². The van der Waals surface area contributed by atoms with Crippen LogP contribution in [0.25, 0.3) is 0 Å². The summed E-state index contributed by atoms with van der Waals surface area (Å²) in [5.41, 5.74) is 0.935. The van der Waals surface area contributed by atoms with E-state index in [1.807, 2.05) is 0 Å². The lowest BCUT2D eigenvalue weighted by atomic mass is 10.1. The fourth-order valence-corrected chi connectivity index (χ4v) is 3.13. The van der Waals surface area contributed by atoms with E-state index in [0.29, 0.717) is 5.41 Å². The van der Waals surface area contributed by atoms with Crippen molar-refractivity contribution < 1.29 is 0 Å². The average Bonchev–Trinajstić information content (AvgIpc) is 2.67. The summed E-state index contributed by atoms with van der Waals surface area (Å²) in [4.78, 5) is 13.5. The molecule has 3 rings (SSSR count). The molecule has 0 bridgehead atoms. The van der Waals surface area contributed by atoms with Crippen molar-refractivity contribution in [3.05, 3.63) is 21.6 Å². The summed E-state index contributed by atoms with van der Waals surface area (Å²) in [6.07, 6.45) is 1.64. The number of hydrogen-bond donors (Lipinski definition) is 1. The molecule has 1 saturated heterocycles. The highest BCUT2D eigenvalue weighted by Crippen LogP contribution is 2.62. The molecule has 2 heterocycles. The van der Waals surface area contributed by atoms with Gasteiger partial charge < -0.3 is 4.90 Å². The molecule has 1 aliphatic heterocycles. The van der Waals surface area contributed by atoms with E-state index in [0.717, 1.165) is 30.6 Å². The van der Waals surface area contributed by atoms with Crippen LogP contribution in [-0.4, -0.2) is 23.3 Å². The SMILES string of the molecule is CC1(C)C2CN(c3cn[nH]c(=O)c3Cl)CC21. The molecule has 2 atom stereocenters. The van der Waals surface area contributed by atoms with Gasteiger partial charge in [-0.15, -0.1) is 0 Å². The van der Waals surface area contributed by atoms with Crippen molar-refractivity contribution in [1.82, 2.24) is 10.2 Å². The van der Waals surface area contributed by atoms with Crippen molar-refractivity contribution in [3.63, 3.8) is 0 Å². The molecule has 0 radical (unpaired) electrons. The third-order valence-electron chi connectivity index (χ3n) is 4.24.